The van der Waals surface area contributed by atoms with Crippen LogP contribution in [-0.2, 0) is 4.79 Å². The number of hydrogen-bond donors (Lipinski definition) is 1. The Morgan fingerprint density at radius 1 is 1.12 bits per heavy atom. The van der Waals surface area contributed by atoms with E-state index in [2.05, 4.69) is 0 Å². The molecule has 2 amide bonds. The van der Waals surface area contributed by atoms with Gasteiger partial charge in [-0.25, -0.2) is 0 Å². The van der Waals surface area contributed by atoms with Crippen LogP contribution in [0.1, 0.15) is 48.9 Å². The molecule has 5 nitrogen and oxygen atoms in total. The molecule has 132 valence electrons. The van der Waals surface area contributed by atoms with Crippen molar-refractivity contribution in [2.45, 2.75) is 44.6 Å². The molecule has 2 fully saturated rings. The molecule has 2 heterocycles. The summed E-state index contributed by atoms with van der Waals surface area (Å²) in [6, 6.07) is 1.47. The lowest BCUT2D eigenvalue weighted by Crippen LogP contribution is -2.54. The normalized spacial score (nSPS) is 20.9. The molecular formula is C18H27N3O2S. The average molecular weight is 350 g/mol. The van der Waals surface area contributed by atoms with Crippen molar-refractivity contribution in [2.75, 3.05) is 26.2 Å². The zero-order chi connectivity index (χ0) is 16.9. The number of nitrogens with zero attached hydrogens (tertiary/aromatic N) is 2. The fourth-order valence-corrected chi connectivity index (χ4v) is 4.45. The van der Waals surface area contributed by atoms with Crippen molar-refractivity contribution in [2.24, 2.45) is 11.7 Å². The molecule has 0 radical (unpaired) electrons. The number of amides is 2. The predicted octanol–water partition coefficient (Wildman–Crippen LogP) is 2.33. The molecule has 6 heteroatoms. The summed E-state index contributed by atoms with van der Waals surface area (Å²) in [6.07, 6.45) is 7.10. The van der Waals surface area contributed by atoms with Gasteiger partial charge in [0.25, 0.3) is 5.91 Å². The smallest absolute Gasteiger partial charge is 0.254 e. The van der Waals surface area contributed by atoms with Crippen molar-refractivity contribution in [1.82, 2.24) is 9.80 Å². The monoisotopic (exact) mass is 349 g/mol. The summed E-state index contributed by atoms with van der Waals surface area (Å²) >= 11 is 1.53. The van der Waals surface area contributed by atoms with E-state index in [-0.39, 0.29) is 17.9 Å². The summed E-state index contributed by atoms with van der Waals surface area (Å²) in [5, 5.41) is 3.79. The standard InChI is InChI=1S/C18H27N3O2S/c19-16(12-14-4-2-1-3-5-14)18(23)21-9-7-20(8-10-21)17(22)15-6-11-24-13-15/h6,11,13-14,16H,1-5,7-10,12,19H2. The Morgan fingerprint density at radius 3 is 2.42 bits per heavy atom. The van der Waals surface area contributed by atoms with E-state index >= 15 is 0 Å². The van der Waals surface area contributed by atoms with E-state index in [1.807, 2.05) is 26.6 Å². The van der Waals surface area contributed by atoms with Crippen LogP contribution in [-0.4, -0.2) is 53.8 Å². The van der Waals surface area contributed by atoms with Crippen LogP contribution in [0.5, 0.6) is 0 Å². The van der Waals surface area contributed by atoms with Crippen LogP contribution in [0.2, 0.25) is 0 Å². The first-order chi connectivity index (χ1) is 11.6. The SMILES string of the molecule is NC(CC1CCCCC1)C(=O)N1CCN(C(=O)c2ccsc2)CC1. The highest BCUT2D eigenvalue weighted by Gasteiger charge is 2.29. The Morgan fingerprint density at radius 2 is 1.79 bits per heavy atom. The number of carbonyl (C=O) groups is 2. The van der Waals surface area contributed by atoms with Crippen molar-refractivity contribution in [3.63, 3.8) is 0 Å². The number of piperazine rings is 1. The Kier molecular flexibility index (Phi) is 5.89. The zero-order valence-electron chi connectivity index (χ0n) is 14.2. The molecule has 24 heavy (non-hydrogen) atoms. The summed E-state index contributed by atoms with van der Waals surface area (Å²) in [6.45, 7) is 2.37. The van der Waals surface area contributed by atoms with Gasteiger partial charge >= 0.3 is 0 Å². The lowest BCUT2D eigenvalue weighted by atomic mass is 9.84. The number of carbonyl (C=O) groups excluding carboxylic acids is 2. The predicted molar refractivity (Wildman–Crippen MR) is 96.0 cm³/mol. The van der Waals surface area contributed by atoms with Gasteiger partial charge in [-0.2, -0.15) is 11.3 Å². The second-order valence-corrected chi connectivity index (χ2v) is 7.76. The summed E-state index contributed by atoms with van der Waals surface area (Å²) < 4.78 is 0. The first-order valence-electron chi connectivity index (χ1n) is 9.01. The van der Waals surface area contributed by atoms with Crippen LogP contribution >= 0.6 is 11.3 Å². The highest BCUT2D eigenvalue weighted by Crippen LogP contribution is 2.27. The van der Waals surface area contributed by atoms with Crippen LogP contribution in [0, 0.1) is 5.92 Å². The van der Waals surface area contributed by atoms with Gasteiger partial charge in [-0.1, -0.05) is 32.1 Å². The molecule has 1 aliphatic heterocycles. The molecule has 2 aliphatic rings. The number of hydrogen-bond acceptors (Lipinski definition) is 4. The largest absolute Gasteiger partial charge is 0.338 e. The lowest BCUT2D eigenvalue weighted by Gasteiger charge is -2.36. The maximum atomic E-state index is 12.6. The van der Waals surface area contributed by atoms with E-state index < -0.39 is 0 Å². The molecule has 1 aromatic rings. The molecule has 1 aromatic heterocycles. The molecule has 1 saturated carbocycles. The number of thiophene rings is 1. The molecular weight excluding hydrogens is 322 g/mol. The third-order valence-electron chi connectivity index (χ3n) is 5.28. The van der Waals surface area contributed by atoms with Crippen LogP contribution in [0.15, 0.2) is 16.8 Å². The second-order valence-electron chi connectivity index (χ2n) is 6.98. The van der Waals surface area contributed by atoms with Gasteiger partial charge < -0.3 is 15.5 Å². The van der Waals surface area contributed by atoms with Crippen LogP contribution in [0.25, 0.3) is 0 Å². The average Bonchev–Trinajstić information content (AvgIpc) is 3.16. The van der Waals surface area contributed by atoms with Crippen molar-refractivity contribution in [3.05, 3.63) is 22.4 Å². The van der Waals surface area contributed by atoms with E-state index in [1.54, 1.807) is 0 Å². The molecule has 1 saturated heterocycles. The minimum Gasteiger partial charge on any atom is -0.338 e. The van der Waals surface area contributed by atoms with Crippen LogP contribution in [0.4, 0.5) is 0 Å². The van der Waals surface area contributed by atoms with Gasteiger partial charge in [0.2, 0.25) is 5.91 Å². The maximum absolute atomic E-state index is 12.6. The van der Waals surface area contributed by atoms with Gasteiger partial charge in [-0.3, -0.25) is 9.59 Å². The molecule has 0 bridgehead atoms. The summed E-state index contributed by atoms with van der Waals surface area (Å²) in [5.41, 5.74) is 6.92. The second kappa shape index (κ2) is 8.12. The Balaban J connectivity index is 1.46. The fraction of sp³-hybridized carbons (Fsp3) is 0.667. The highest BCUT2D eigenvalue weighted by atomic mass is 32.1. The Labute approximate surface area is 147 Å². The van der Waals surface area contributed by atoms with Gasteiger partial charge in [-0.15, -0.1) is 0 Å². The van der Waals surface area contributed by atoms with Gasteiger partial charge in [0.15, 0.2) is 0 Å². The number of nitrogens with two attached hydrogens (primary N) is 1. The van der Waals surface area contributed by atoms with Crippen LogP contribution in [0.3, 0.4) is 0 Å². The fourth-order valence-electron chi connectivity index (χ4n) is 3.82. The van der Waals surface area contributed by atoms with E-state index in [1.165, 1.54) is 43.4 Å². The minimum atomic E-state index is -0.382. The van der Waals surface area contributed by atoms with E-state index in [0.29, 0.717) is 32.1 Å². The molecule has 1 atom stereocenters. The summed E-state index contributed by atoms with van der Waals surface area (Å²) in [7, 11) is 0. The summed E-state index contributed by atoms with van der Waals surface area (Å²) in [4.78, 5) is 28.6. The molecule has 1 unspecified atom stereocenters. The van der Waals surface area contributed by atoms with Gasteiger partial charge in [0, 0.05) is 31.6 Å². The first-order valence-corrected chi connectivity index (χ1v) is 9.95. The third kappa shape index (κ3) is 4.16. The summed E-state index contributed by atoms with van der Waals surface area (Å²) in [5.74, 6) is 0.734. The molecule has 1 aliphatic carbocycles. The van der Waals surface area contributed by atoms with Crippen molar-refractivity contribution in [3.8, 4) is 0 Å². The minimum absolute atomic E-state index is 0.0585. The van der Waals surface area contributed by atoms with E-state index in [4.69, 9.17) is 5.73 Å². The highest BCUT2D eigenvalue weighted by molar-refractivity contribution is 7.08. The van der Waals surface area contributed by atoms with E-state index in [0.717, 1.165) is 12.0 Å². The van der Waals surface area contributed by atoms with Gasteiger partial charge in [0.05, 0.1) is 11.6 Å². The molecule has 0 spiro atoms. The zero-order valence-corrected chi connectivity index (χ0v) is 15.0. The van der Waals surface area contributed by atoms with Crippen molar-refractivity contribution >= 4 is 23.2 Å². The topological polar surface area (TPSA) is 66.6 Å². The number of rotatable bonds is 4. The maximum Gasteiger partial charge on any atom is 0.254 e. The van der Waals surface area contributed by atoms with Crippen molar-refractivity contribution < 1.29 is 9.59 Å². The molecule has 0 aromatic carbocycles. The third-order valence-corrected chi connectivity index (χ3v) is 5.96. The quantitative estimate of drug-likeness (QED) is 0.907. The Hall–Kier alpha value is -1.40. The molecule has 2 N–H and O–H groups in total. The van der Waals surface area contributed by atoms with Crippen molar-refractivity contribution in [1.29, 1.82) is 0 Å². The lowest BCUT2D eigenvalue weighted by molar-refractivity contribution is -0.134. The Bertz CT molecular complexity index is 547. The molecule has 3 rings (SSSR count). The van der Waals surface area contributed by atoms with E-state index in [9.17, 15) is 9.59 Å². The van der Waals surface area contributed by atoms with Gasteiger partial charge in [0.1, 0.15) is 0 Å². The van der Waals surface area contributed by atoms with Crippen LogP contribution < -0.4 is 5.73 Å². The van der Waals surface area contributed by atoms with Gasteiger partial charge in [-0.05, 0) is 23.8 Å². The first kappa shape index (κ1) is 17.4.